The molecule has 2 rings (SSSR count). The van der Waals surface area contributed by atoms with Gasteiger partial charge < -0.3 is 9.84 Å². The minimum Gasteiger partial charge on any atom is -0.508 e. The summed E-state index contributed by atoms with van der Waals surface area (Å²) in [5.74, 6) is 1.10. The number of nitrogens with zero attached hydrogens (tertiary/aromatic N) is 2. The molecule has 1 N–H and O–H groups in total. The molecule has 0 saturated heterocycles. The van der Waals surface area contributed by atoms with Crippen LogP contribution in [0, 0.1) is 13.8 Å². The molecule has 0 unspecified atom stereocenters. The van der Waals surface area contributed by atoms with Gasteiger partial charge in [-0.3, -0.25) is 0 Å². The summed E-state index contributed by atoms with van der Waals surface area (Å²) in [6, 6.07) is 10.8. The first-order valence-electron chi connectivity index (χ1n) is 6.55. The smallest absolute Gasteiger partial charge is 0.119 e. The van der Waals surface area contributed by atoms with Gasteiger partial charge in [0.2, 0.25) is 0 Å². The van der Waals surface area contributed by atoms with Crippen LogP contribution < -0.4 is 4.74 Å². The Hall–Kier alpha value is -2.36. The van der Waals surface area contributed by atoms with Crippen molar-refractivity contribution in [2.24, 2.45) is 10.2 Å². The van der Waals surface area contributed by atoms with Crippen LogP contribution in [0.25, 0.3) is 0 Å². The van der Waals surface area contributed by atoms with Gasteiger partial charge in [0.25, 0.3) is 0 Å². The minimum atomic E-state index is 0.280. The van der Waals surface area contributed by atoms with Gasteiger partial charge in [0.1, 0.15) is 11.5 Å². The maximum Gasteiger partial charge on any atom is 0.119 e. The zero-order valence-electron chi connectivity index (χ0n) is 11.9. The number of phenolic OH excluding ortho intramolecular Hbond substituents is 1. The van der Waals surface area contributed by atoms with Crippen LogP contribution in [0.5, 0.6) is 11.5 Å². The number of azo groups is 1. The van der Waals surface area contributed by atoms with Crippen LogP contribution in [0.15, 0.2) is 46.6 Å². The molecule has 0 amide bonds. The van der Waals surface area contributed by atoms with Gasteiger partial charge in [-0.05, 0) is 68.3 Å². The number of hydrogen-bond donors (Lipinski definition) is 1. The van der Waals surface area contributed by atoms with Crippen molar-refractivity contribution in [3.05, 3.63) is 47.5 Å². The van der Waals surface area contributed by atoms with E-state index in [1.807, 2.05) is 45.0 Å². The van der Waals surface area contributed by atoms with Crippen LogP contribution in [0.3, 0.4) is 0 Å². The quantitative estimate of drug-likeness (QED) is 0.809. The Kier molecular flexibility index (Phi) is 4.35. The molecule has 0 radical (unpaired) electrons. The second kappa shape index (κ2) is 6.19. The highest BCUT2D eigenvalue weighted by atomic mass is 16.5. The molecule has 0 bridgehead atoms. The van der Waals surface area contributed by atoms with Gasteiger partial charge in [0.05, 0.1) is 18.0 Å². The average molecular weight is 270 g/mol. The molecule has 0 aromatic heterocycles. The molecule has 4 nitrogen and oxygen atoms in total. The van der Waals surface area contributed by atoms with E-state index in [0.717, 1.165) is 28.3 Å². The summed E-state index contributed by atoms with van der Waals surface area (Å²) in [5, 5.41) is 18.0. The van der Waals surface area contributed by atoms with E-state index in [1.54, 1.807) is 12.1 Å². The van der Waals surface area contributed by atoms with Crippen LogP contribution >= 0.6 is 0 Å². The summed E-state index contributed by atoms with van der Waals surface area (Å²) in [7, 11) is 0. The molecule has 0 atom stereocenters. The van der Waals surface area contributed by atoms with Crippen molar-refractivity contribution < 1.29 is 9.84 Å². The third kappa shape index (κ3) is 3.15. The van der Waals surface area contributed by atoms with Gasteiger partial charge in [-0.25, -0.2) is 0 Å². The van der Waals surface area contributed by atoms with Crippen LogP contribution in [-0.4, -0.2) is 11.7 Å². The summed E-state index contributed by atoms with van der Waals surface area (Å²) in [5.41, 5.74) is 3.28. The molecule has 0 spiro atoms. The Morgan fingerprint density at radius 2 is 1.65 bits per heavy atom. The van der Waals surface area contributed by atoms with E-state index in [4.69, 9.17) is 4.74 Å². The highest BCUT2D eigenvalue weighted by Crippen LogP contribution is 2.29. The van der Waals surface area contributed by atoms with E-state index in [-0.39, 0.29) is 5.75 Å². The standard InChI is InChI=1S/C16H18N2O2/c1-4-20-14-7-5-13(6-8-14)17-18-15-9-10-16(19)12(3)11(15)2/h5-10,19H,4H2,1-3H3. The second-order valence-electron chi connectivity index (χ2n) is 4.48. The average Bonchev–Trinajstić information content (AvgIpc) is 2.46. The lowest BCUT2D eigenvalue weighted by Gasteiger charge is -2.05. The summed E-state index contributed by atoms with van der Waals surface area (Å²) in [6.45, 7) is 6.37. The molecule has 2 aromatic carbocycles. The predicted octanol–water partition coefficient (Wildman–Crippen LogP) is 4.82. The van der Waals surface area contributed by atoms with E-state index in [2.05, 4.69) is 10.2 Å². The first-order valence-corrected chi connectivity index (χ1v) is 6.55. The van der Waals surface area contributed by atoms with Gasteiger partial charge in [-0.15, -0.1) is 0 Å². The molecule has 4 heteroatoms. The monoisotopic (exact) mass is 270 g/mol. The third-order valence-corrected chi connectivity index (χ3v) is 3.15. The van der Waals surface area contributed by atoms with Crippen molar-refractivity contribution in [3.8, 4) is 11.5 Å². The van der Waals surface area contributed by atoms with E-state index < -0.39 is 0 Å². The zero-order chi connectivity index (χ0) is 14.5. The Morgan fingerprint density at radius 3 is 2.30 bits per heavy atom. The largest absolute Gasteiger partial charge is 0.508 e. The molecule has 104 valence electrons. The lowest BCUT2D eigenvalue weighted by Crippen LogP contribution is -1.89. The number of ether oxygens (including phenoxy) is 1. The van der Waals surface area contributed by atoms with Crippen LogP contribution in [-0.2, 0) is 0 Å². The Balaban J connectivity index is 2.19. The van der Waals surface area contributed by atoms with E-state index in [0.29, 0.717) is 6.61 Å². The molecular formula is C16H18N2O2. The zero-order valence-corrected chi connectivity index (χ0v) is 11.9. The van der Waals surface area contributed by atoms with Crippen molar-refractivity contribution in [2.45, 2.75) is 20.8 Å². The fraction of sp³-hybridized carbons (Fsp3) is 0.250. The van der Waals surface area contributed by atoms with E-state index in [9.17, 15) is 5.11 Å². The third-order valence-electron chi connectivity index (χ3n) is 3.15. The van der Waals surface area contributed by atoms with Crippen LogP contribution in [0.4, 0.5) is 11.4 Å². The van der Waals surface area contributed by atoms with Crippen LogP contribution in [0.1, 0.15) is 18.1 Å². The molecule has 0 saturated carbocycles. The Morgan fingerprint density at radius 1 is 0.950 bits per heavy atom. The predicted molar refractivity (Wildman–Crippen MR) is 79.4 cm³/mol. The number of phenols is 1. The molecule has 20 heavy (non-hydrogen) atoms. The topological polar surface area (TPSA) is 54.2 Å². The normalized spacial score (nSPS) is 10.9. The van der Waals surface area contributed by atoms with Gasteiger partial charge in [0.15, 0.2) is 0 Å². The molecule has 0 fully saturated rings. The SMILES string of the molecule is CCOc1ccc(N=Nc2ccc(O)c(C)c2C)cc1. The molecule has 0 aliphatic carbocycles. The molecular weight excluding hydrogens is 252 g/mol. The van der Waals surface area contributed by atoms with Crippen molar-refractivity contribution in [1.29, 1.82) is 0 Å². The molecule has 2 aromatic rings. The number of rotatable bonds is 4. The lowest BCUT2D eigenvalue weighted by atomic mass is 10.1. The first-order chi connectivity index (χ1) is 9.61. The van der Waals surface area contributed by atoms with Gasteiger partial charge in [-0.1, -0.05) is 0 Å². The number of aromatic hydroxyl groups is 1. The van der Waals surface area contributed by atoms with Crippen molar-refractivity contribution in [2.75, 3.05) is 6.61 Å². The number of benzene rings is 2. The van der Waals surface area contributed by atoms with E-state index in [1.165, 1.54) is 0 Å². The first kappa shape index (κ1) is 14.1. The van der Waals surface area contributed by atoms with Gasteiger partial charge in [-0.2, -0.15) is 10.2 Å². The fourth-order valence-corrected chi connectivity index (χ4v) is 1.79. The maximum atomic E-state index is 9.60. The highest BCUT2D eigenvalue weighted by Gasteiger charge is 2.04. The lowest BCUT2D eigenvalue weighted by molar-refractivity contribution is 0.340. The Bertz CT molecular complexity index is 619. The highest BCUT2D eigenvalue weighted by molar-refractivity contribution is 5.54. The summed E-state index contributed by atoms with van der Waals surface area (Å²) < 4.78 is 5.37. The fourth-order valence-electron chi connectivity index (χ4n) is 1.79. The summed E-state index contributed by atoms with van der Waals surface area (Å²) >= 11 is 0. The maximum absolute atomic E-state index is 9.60. The molecule has 0 aliphatic rings. The van der Waals surface area contributed by atoms with Gasteiger partial charge >= 0.3 is 0 Å². The summed E-state index contributed by atoms with van der Waals surface area (Å²) in [4.78, 5) is 0. The van der Waals surface area contributed by atoms with Crippen molar-refractivity contribution in [3.63, 3.8) is 0 Å². The molecule has 0 heterocycles. The summed E-state index contributed by atoms with van der Waals surface area (Å²) in [6.07, 6.45) is 0. The second-order valence-corrected chi connectivity index (χ2v) is 4.48. The van der Waals surface area contributed by atoms with Crippen LogP contribution in [0.2, 0.25) is 0 Å². The van der Waals surface area contributed by atoms with E-state index >= 15 is 0 Å². The molecule has 0 aliphatic heterocycles. The Labute approximate surface area is 118 Å². The number of hydrogen-bond acceptors (Lipinski definition) is 4. The van der Waals surface area contributed by atoms with Crippen molar-refractivity contribution >= 4 is 11.4 Å². The minimum absolute atomic E-state index is 0.280. The van der Waals surface area contributed by atoms with Crippen molar-refractivity contribution in [1.82, 2.24) is 0 Å². The van der Waals surface area contributed by atoms with Gasteiger partial charge in [0, 0.05) is 0 Å².